The van der Waals surface area contributed by atoms with Gasteiger partial charge in [-0.2, -0.15) is 0 Å². The lowest BCUT2D eigenvalue weighted by atomic mass is 10.2. The lowest BCUT2D eigenvalue weighted by molar-refractivity contribution is 0.102. The van der Waals surface area contributed by atoms with E-state index in [9.17, 15) is 4.79 Å². The molecule has 23 heavy (non-hydrogen) atoms. The fourth-order valence-electron chi connectivity index (χ4n) is 2.04. The van der Waals surface area contributed by atoms with E-state index in [-0.39, 0.29) is 5.78 Å². The highest BCUT2D eigenvalue weighted by Crippen LogP contribution is 2.20. The Bertz CT molecular complexity index is 797. The highest BCUT2D eigenvalue weighted by Gasteiger charge is 2.13. The number of hydrogen-bond donors (Lipinski definition) is 0. The molecule has 0 unspecified atom stereocenters. The second-order valence-electron chi connectivity index (χ2n) is 4.93. The molecule has 0 aliphatic rings. The molecule has 0 fully saturated rings. The van der Waals surface area contributed by atoms with Gasteiger partial charge >= 0.3 is 0 Å². The summed E-state index contributed by atoms with van der Waals surface area (Å²) in [6.45, 7) is 0. The monoisotopic (exact) mass is 407 g/mol. The molecule has 2 heterocycles. The van der Waals surface area contributed by atoms with Gasteiger partial charge in [-0.05, 0) is 23.6 Å². The maximum atomic E-state index is 12.2. The van der Waals surface area contributed by atoms with E-state index < -0.39 is 0 Å². The van der Waals surface area contributed by atoms with Crippen molar-refractivity contribution in [2.75, 3.05) is 5.75 Å². The zero-order chi connectivity index (χ0) is 16.2. The van der Waals surface area contributed by atoms with Crippen LogP contribution in [0, 0.1) is 0 Å². The van der Waals surface area contributed by atoms with Crippen molar-refractivity contribution in [2.45, 2.75) is 11.6 Å². The van der Waals surface area contributed by atoms with Crippen LogP contribution in [-0.4, -0.2) is 26.3 Å². The Morgan fingerprint density at radius 2 is 2.04 bits per heavy atom. The molecular weight excluding hydrogens is 394 g/mol. The van der Waals surface area contributed by atoms with Crippen LogP contribution >= 0.6 is 39.0 Å². The molecule has 2 aromatic heterocycles. The number of benzene rings is 1. The Hall–Kier alpha value is -1.44. The van der Waals surface area contributed by atoms with Gasteiger partial charge in [0.15, 0.2) is 10.9 Å². The number of aromatic nitrogens is 3. The highest BCUT2D eigenvalue weighted by atomic mass is 79.9. The molecule has 3 rings (SSSR count). The van der Waals surface area contributed by atoms with Crippen LogP contribution in [0.15, 0.2) is 51.4 Å². The average Bonchev–Trinajstić information content (AvgIpc) is 3.18. The van der Waals surface area contributed by atoms with E-state index in [2.05, 4.69) is 37.6 Å². The van der Waals surface area contributed by atoms with Crippen LogP contribution in [0.2, 0.25) is 0 Å². The number of ketones is 1. The summed E-state index contributed by atoms with van der Waals surface area (Å²) in [6.07, 6.45) is 0.766. The molecular formula is C16H14BrN3OS2. The molecule has 0 bridgehead atoms. The van der Waals surface area contributed by atoms with Crippen LogP contribution in [0.1, 0.15) is 21.1 Å². The third-order valence-electron chi connectivity index (χ3n) is 3.34. The van der Waals surface area contributed by atoms with E-state index in [4.69, 9.17) is 0 Å². The van der Waals surface area contributed by atoms with Crippen LogP contribution in [0.25, 0.3) is 0 Å². The summed E-state index contributed by atoms with van der Waals surface area (Å²) in [4.78, 5) is 13.5. The first-order valence-corrected chi connectivity index (χ1v) is 9.61. The number of hydrogen-bond acceptors (Lipinski definition) is 5. The Kier molecular flexibility index (Phi) is 5.30. The number of carbonyl (C=O) groups excluding carboxylic acids is 1. The van der Waals surface area contributed by atoms with Gasteiger partial charge in [0.2, 0.25) is 0 Å². The van der Waals surface area contributed by atoms with Gasteiger partial charge < -0.3 is 4.57 Å². The molecule has 0 aliphatic heterocycles. The maximum Gasteiger partial charge on any atom is 0.191 e. The minimum Gasteiger partial charge on any atom is -0.309 e. The predicted octanol–water partition coefficient (Wildman–Crippen LogP) is 4.20. The Morgan fingerprint density at radius 3 is 2.74 bits per heavy atom. The SMILES string of the molecule is Cn1c(Cc2cccs2)nnc1SCC(=O)c1ccc(Br)cc1. The fourth-order valence-corrected chi connectivity index (χ4v) is 3.83. The molecule has 0 amide bonds. The number of thioether (sulfide) groups is 1. The van der Waals surface area contributed by atoms with E-state index in [1.54, 1.807) is 11.3 Å². The number of rotatable bonds is 6. The van der Waals surface area contributed by atoms with Crippen molar-refractivity contribution in [3.8, 4) is 0 Å². The van der Waals surface area contributed by atoms with Crippen LogP contribution in [0.5, 0.6) is 0 Å². The molecule has 0 saturated heterocycles. The quantitative estimate of drug-likeness (QED) is 0.453. The first kappa shape index (κ1) is 16.4. The van der Waals surface area contributed by atoms with Gasteiger partial charge in [-0.15, -0.1) is 21.5 Å². The van der Waals surface area contributed by atoms with Gasteiger partial charge in [0.25, 0.3) is 0 Å². The summed E-state index contributed by atoms with van der Waals surface area (Å²) in [5, 5.41) is 11.3. The predicted molar refractivity (Wildman–Crippen MR) is 97.3 cm³/mol. The van der Waals surface area contributed by atoms with Crippen molar-refractivity contribution in [2.24, 2.45) is 7.05 Å². The Balaban J connectivity index is 1.63. The summed E-state index contributed by atoms with van der Waals surface area (Å²) in [7, 11) is 1.94. The van der Waals surface area contributed by atoms with Crippen molar-refractivity contribution in [1.82, 2.24) is 14.8 Å². The van der Waals surface area contributed by atoms with Crippen molar-refractivity contribution in [3.63, 3.8) is 0 Å². The van der Waals surface area contributed by atoms with Gasteiger partial charge in [-0.3, -0.25) is 4.79 Å². The zero-order valence-corrected chi connectivity index (χ0v) is 15.6. The lowest BCUT2D eigenvalue weighted by Gasteiger charge is -2.03. The third-order valence-corrected chi connectivity index (χ3v) is 5.76. The summed E-state index contributed by atoms with van der Waals surface area (Å²) in [5.41, 5.74) is 0.710. The number of thiophene rings is 1. The molecule has 0 atom stereocenters. The molecule has 4 nitrogen and oxygen atoms in total. The number of carbonyl (C=O) groups is 1. The van der Waals surface area contributed by atoms with Crippen molar-refractivity contribution >= 4 is 44.8 Å². The van der Waals surface area contributed by atoms with Crippen LogP contribution < -0.4 is 0 Å². The molecule has 0 aliphatic carbocycles. The standard InChI is InChI=1S/C16H14BrN3OS2/c1-20-15(9-13-3-2-8-22-13)18-19-16(20)23-10-14(21)11-4-6-12(17)7-5-11/h2-8H,9-10H2,1H3. The summed E-state index contributed by atoms with van der Waals surface area (Å²) in [5.74, 6) is 1.35. The summed E-state index contributed by atoms with van der Waals surface area (Å²) in [6, 6.07) is 11.5. The van der Waals surface area contributed by atoms with Gasteiger partial charge in [0.1, 0.15) is 5.82 Å². The second kappa shape index (κ2) is 7.42. The minimum atomic E-state index is 0.0882. The lowest BCUT2D eigenvalue weighted by Crippen LogP contribution is -2.04. The fraction of sp³-hybridized carbons (Fsp3) is 0.188. The molecule has 7 heteroatoms. The molecule has 0 spiro atoms. The number of halogens is 1. The van der Waals surface area contributed by atoms with E-state index in [0.29, 0.717) is 11.3 Å². The minimum absolute atomic E-state index is 0.0882. The van der Waals surface area contributed by atoms with E-state index >= 15 is 0 Å². The third kappa shape index (κ3) is 4.10. The van der Waals surface area contributed by atoms with Crippen LogP contribution in [0.3, 0.4) is 0 Å². The van der Waals surface area contributed by atoms with E-state index in [1.807, 2.05) is 41.9 Å². The number of Topliss-reactive ketones (excluding diaryl/α,β-unsaturated/α-hetero) is 1. The molecule has 0 saturated carbocycles. The van der Waals surface area contributed by atoms with Gasteiger partial charge in [-0.1, -0.05) is 45.9 Å². The first-order chi connectivity index (χ1) is 11.1. The van der Waals surface area contributed by atoms with Gasteiger partial charge in [0, 0.05) is 28.4 Å². The molecule has 1 aromatic carbocycles. The first-order valence-electron chi connectivity index (χ1n) is 6.95. The van der Waals surface area contributed by atoms with Crippen molar-refractivity contribution in [1.29, 1.82) is 0 Å². The highest BCUT2D eigenvalue weighted by molar-refractivity contribution is 9.10. The second-order valence-corrected chi connectivity index (χ2v) is 7.82. The van der Waals surface area contributed by atoms with E-state index in [1.165, 1.54) is 16.6 Å². The molecule has 0 N–H and O–H groups in total. The van der Waals surface area contributed by atoms with Crippen LogP contribution in [0.4, 0.5) is 0 Å². The van der Waals surface area contributed by atoms with Gasteiger partial charge in [-0.25, -0.2) is 0 Å². The normalized spacial score (nSPS) is 10.9. The van der Waals surface area contributed by atoms with Gasteiger partial charge in [0.05, 0.1) is 5.75 Å². The topological polar surface area (TPSA) is 47.8 Å². The van der Waals surface area contributed by atoms with Crippen molar-refractivity contribution < 1.29 is 4.79 Å². The molecule has 0 radical (unpaired) electrons. The average molecular weight is 408 g/mol. The van der Waals surface area contributed by atoms with Crippen molar-refractivity contribution in [3.05, 3.63) is 62.5 Å². The Labute approximate surface area is 151 Å². The molecule has 118 valence electrons. The maximum absolute atomic E-state index is 12.2. The zero-order valence-electron chi connectivity index (χ0n) is 12.4. The number of nitrogens with zero attached hydrogens (tertiary/aromatic N) is 3. The van der Waals surface area contributed by atoms with E-state index in [0.717, 1.165) is 21.9 Å². The largest absolute Gasteiger partial charge is 0.309 e. The summed E-state index contributed by atoms with van der Waals surface area (Å²) >= 11 is 6.50. The smallest absolute Gasteiger partial charge is 0.191 e. The van der Waals surface area contributed by atoms with Crippen LogP contribution in [-0.2, 0) is 13.5 Å². The Morgan fingerprint density at radius 1 is 1.26 bits per heavy atom. The summed E-state index contributed by atoms with van der Waals surface area (Å²) < 4.78 is 2.92. The molecule has 3 aromatic rings.